The fraction of sp³-hybridized carbons (Fsp3) is 1.00. The van der Waals surface area contributed by atoms with Crippen molar-refractivity contribution < 1.29 is 0 Å². The molecule has 1 saturated carbocycles. The van der Waals surface area contributed by atoms with Crippen molar-refractivity contribution in [2.45, 2.75) is 38.1 Å². The van der Waals surface area contributed by atoms with Crippen LogP contribution in [0.2, 0.25) is 0 Å². The Hall–Kier alpha value is -0.0800. The van der Waals surface area contributed by atoms with Gasteiger partial charge in [-0.2, -0.15) is 0 Å². The van der Waals surface area contributed by atoms with E-state index in [2.05, 4.69) is 18.1 Å². The Bertz CT molecular complexity index is 58.3. The van der Waals surface area contributed by atoms with Gasteiger partial charge >= 0.3 is 0 Å². The molecule has 0 atom stereocenters. The van der Waals surface area contributed by atoms with Crippen LogP contribution in [0.3, 0.4) is 0 Å². The van der Waals surface area contributed by atoms with Gasteiger partial charge in [-0.15, -0.1) is 0 Å². The monoisotopic (exact) mass is 144 g/mol. The summed E-state index contributed by atoms with van der Waals surface area (Å²) < 4.78 is 0. The highest BCUT2D eigenvalue weighted by Crippen LogP contribution is 2.16. The Labute approximate surface area is 64.2 Å². The SMILES string of the molecule is CN.CNC1CCCCC1. The van der Waals surface area contributed by atoms with E-state index in [4.69, 9.17) is 0 Å². The summed E-state index contributed by atoms with van der Waals surface area (Å²) >= 11 is 0. The van der Waals surface area contributed by atoms with Crippen molar-refractivity contribution in [3.05, 3.63) is 0 Å². The van der Waals surface area contributed by atoms with Crippen LogP contribution in [-0.2, 0) is 0 Å². The van der Waals surface area contributed by atoms with Gasteiger partial charge in [0.15, 0.2) is 0 Å². The van der Waals surface area contributed by atoms with Crippen LogP contribution in [0.15, 0.2) is 0 Å². The summed E-state index contributed by atoms with van der Waals surface area (Å²) in [7, 11) is 3.57. The lowest BCUT2D eigenvalue weighted by atomic mass is 9.96. The number of rotatable bonds is 1. The summed E-state index contributed by atoms with van der Waals surface area (Å²) in [6.45, 7) is 0. The fourth-order valence-electron chi connectivity index (χ4n) is 1.39. The molecule has 0 saturated heterocycles. The van der Waals surface area contributed by atoms with E-state index in [0.29, 0.717) is 0 Å². The van der Waals surface area contributed by atoms with Gasteiger partial charge in [0.05, 0.1) is 0 Å². The predicted octanol–water partition coefficient (Wildman–Crippen LogP) is 1.11. The van der Waals surface area contributed by atoms with Crippen LogP contribution in [0, 0.1) is 0 Å². The maximum atomic E-state index is 4.50. The molecular formula is C8H20N2. The van der Waals surface area contributed by atoms with Crippen molar-refractivity contribution in [1.29, 1.82) is 0 Å². The van der Waals surface area contributed by atoms with E-state index >= 15 is 0 Å². The molecule has 1 rings (SSSR count). The van der Waals surface area contributed by atoms with E-state index in [0.717, 1.165) is 6.04 Å². The first-order chi connectivity index (χ1) is 4.93. The second-order valence-corrected chi connectivity index (χ2v) is 2.62. The molecule has 0 aliphatic heterocycles. The highest BCUT2D eigenvalue weighted by atomic mass is 14.9. The third-order valence-corrected chi connectivity index (χ3v) is 2.01. The second-order valence-electron chi connectivity index (χ2n) is 2.62. The Morgan fingerprint density at radius 3 is 1.90 bits per heavy atom. The maximum Gasteiger partial charge on any atom is 0.00640 e. The molecule has 2 nitrogen and oxygen atoms in total. The fourth-order valence-corrected chi connectivity index (χ4v) is 1.39. The molecule has 0 bridgehead atoms. The molecule has 0 heterocycles. The quantitative estimate of drug-likeness (QED) is 0.578. The number of nitrogens with two attached hydrogens (primary N) is 1. The Morgan fingerprint density at radius 1 is 1.10 bits per heavy atom. The molecule has 2 heteroatoms. The molecule has 0 aromatic rings. The first kappa shape index (κ1) is 9.92. The smallest absolute Gasteiger partial charge is 0.00640 e. The summed E-state index contributed by atoms with van der Waals surface area (Å²) in [5, 5.41) is 3.30. The summed E-state index contributed by atoms with van der Waals surface area (Å²) in [6, 6.07) is 0.837. The van der Waals surface area contributed by atoms with Gasteiger partial charge in [0.25, 0.3) is 0 Å². The number of hydrogen-bond donors (Lipinski definition) is 2. The molecule has 3 N–H and O–H groups in total. The van der Waals surface area contributed by atoms with Gasteiger partial charge in [0.2, 0.25) is 0 Å². The maximum absolute atomic E-state index is 4.50. The van der Waals surface area contributed by atoms with Crippen molar-refractivity contribution in [3.8, 4) is 0 Å². The lowest BCUT2D eigenvalue weighted by Crippen LogP contribution is -2.26. The number of nitrogens with one attached hydrogen (secondary N) is 1. The summed E-state index contributed by atoms with van der Waals surface area (Å²) in [5.74, 6) is 0. The minimum absolute atomic E-state index is 0.837. The highest BCUT2D eigenvalue weighted by Gasteiger charge is 2.09. The van der Waals surface area contributed by atoms with Crippen LogP contribution >= 0.6 is 0 Å². The molecule has 1 aliphatic carbocycles. The van der Waals surface area contributed by atoms with E-state index in [1.165, 1.54) is 39.2 Å². The summed E-state index contributed by atoms with van der Waals surface area (Å²) in [6.07, 6.45) is 7.13. The molecule has 0 aromatic carbocycles. The van der Waals surface area contributed by atoms with E-state index in [-0.39, 0.29) is 0 Å². The van der Waals surface area contributed by atoms with Crippen LogP contribution in [0.1, 0.15) is 32.1 Å². The van der Waals surface area contributed by atoms with Crippen molar-refractivity contribution in [3.63, 3.8) is 0 Å². The lowest BCUT2D eigenvalue weighted by molar-refractivity contribution is 0.394. The van der Waals surface area contributed by atoms with E-state index in [9.17, 15) is 0 Å². The molecule has 0 amide bonds. The molecule has 1 fully saturated rings. The predicted molar refractivity (Wildman–Crippen MR) is 46.0 cm³/mol. The van der Waals surface area contributed by atoms with Crippen molar-refractivity contribution in [2.24, 2.45) is 5.73 Å². The molecule has 0 aromatic heterocycles. The highest BCUT2D eigenvalue weighted by molar-refractivity contribution is 4.68. The third-order valence-electron chi connectivity index (χ3n) is 2.01. The average molecular weight is 144 g/mol. The van der Waals surface area contributed by atoms with Gasteiger partial charge in [0, 0.05) is 6.04 Å². The average Bonchev–Trinajstić information content (AvgIpc) is 2.10. The minimum atomic E-state index is 0.837. The minimum Gasteiger partial charge on any atom is -0.333 e. The molecule has 0 radical (unpaired) electrons. The molecule has 1 aliphatic rings. The third kappa shape index (κ3) is 3.85. The Morgan fingerprint density at radius 2 is 1.60 bits per heavy atom. The van der Waals surface area contributed by atoms with Crippen LogP contribution in [0.5, 0.6) is 0 Å². The number of hydrogen-bond acceptors (Lipinski definition) is 2. The van der Waals surface area contributed by atoms with E-state index in [1.54, 1.807) is 0 Å². The zero-order valence-electron chi connectivity index (χ0n) is 7.19. The van der Waals surface area contributed by atoms with E-state index in [1.807, 2.05) is 0 Å². The molecule has 62 valence electrons. The largest absolute Gasteiger partial charge is 0.333 e. The van der Waals surface area contributed by atoms with Crippen molar-refractivity contribution >= 4 is 0 Å². The van der Waals surface area contributed by atoms with Crippen molar-refractivity contribution in [1.82, 2.24) is 5.32 Å². The topological polar surface area (TPSA) is 38.0 Å². The Kier molecular flexibility index (Phi) is 6.98. The first-order valence-corrected chi connectivity index (χ1v) is 4.18. The normalized spacial score (nSPS) is 19.5. The lowest BCUT2D eigenvalue weighted by Gasteiger charge is -2.20. The van der Waals surface area contributed by atoms with Crippen LogP contribution in [-0.4, -0.2) is 20.1 Å². The van der Waals surface area contributed by atoms with Crippen LogP contribution in [0.25, 0.3) is 0 Å². The van der Waals surface area contributed by atoms with Crippen molar-refractivity contribution in [2.75, 3.05) is 14.1 Å². The molecular weight excluding hydrogens is 124 g/mol. The molecule has 10 heavy (non-hydrogen) atoms. The molecule has 0 unspecified atom stereocenters. The molecule has 0 spiro atoms. The van der Waals surface area contributed by atoms with Gasteiger partial charge in [-0.1, -0.05) is 19.3 Å². The zero-order chi connectivity index (χ0) is 7.82. The first-order valence-electron chi connectivity index (χ1n) is 4.18. The second kappa shape index (κ2) is 7.03. The van der Waals surface area contributed by atoms with E-state index < -0.39 is 0 Å². The van der Waals surface area contributed by atoms with Gasteiger partial charge in [0.1, 0.15) is 0 Å². The van der Waals surface area contributed by atoms with Gasteiger partial charge in [-0.05, 0) is 26.9 Å². The van der Waals surface area contributed by atoms with Gasteiger partial charge in [-0.3, -0.25) is 0 Å². The van der Waals surface area contributed by atoms with Crippen LogP contribution in [0.4, 0.5) is 0 Å². The standard InChI is InChI=1S/C7H15N.CH5N/c1-8-7-5-3-2-4-6-7;1-2/h7-8H,2-6H2,1H3;2H2,1H3. The van der Waals surface area contributed by atoms with Gasteiger partial charge in [-0.25, -0.2) is 0 Å². The summed E-state index contributed by atoms with van der Waals surface area (Å²) in [4.78, 5) is 0. The Balaban J connectivity index is 0.000000371. The van der Waals surface area contributed by atoms with Crippen LogP contribution < -0.4 is 11.1 Å². The zero-order valence-corrected chi connectivity index (χ0v) is 7.19. The van der Waals surface area contributed by atoms with Gasteiger partial charge < -0.3 is 11.1 Å². The summed E-state index contributed by atoms with van der Waals surface area (Å²) in [5.41, 5.74) is 4.50.